The second-order valence-electron chi connectivity index (χ2n) is 8.58. The van der Waals surface area contributed by atoms with Gasteiger partial charge in [0.2, 0.25) is 0 Å². The maximum absolute atomic E-state index is 6.49. The summed E-state index contributed by atoms with van der Waals surface area (Å²) in [7, 11) is 1.70. The van der Waals surface area contributed by atoms with Crippen LogP contribution in [0.15, 0.2) is 60.7 Å². The van der Waals surface area contributed by atoms with E-state index in [1.54, 1.807) is 7.11 Å². The van der Waals surface area contributed by atoms with E-state index in [0.29, 0.717) is 5.02 Å². The summed E-state index contributed by atoms with van der Waals surface area (Å²) in [4.78, 5) is 0. The van der Waals surface area contributed by atoms with E-state index in [0.717, 1.165) is 50.8 Å². The molecule has 0 atom stereocenters. The van der Waals surface area contributed by atoms with Gasteiger partial charge in [0.25, 0.3) is 0 Å². The Kier molecular flexibility index (Phi) is 4.60. The lowest BCUT2D eigenvalue weighted by atomic mass is 9.83. The van der Waals surface area contributed by atoms with E-state index in [1.807, 2.05) is 42.5 Å². The number of fused-ring (bicyclic) bond motifs is 5. The number of hydrogen-bond donors (Lipinski definition) is 1. The first kappa shape index (κ1) is 19.8. The Labute approximate surface area is 188 Å². The summed E-state index contributed by atoms with van der Waals surface area (Å²) in [6.45, 7) is 6.52. The Morgan fingerprint density at radius 3 is 2.48 bits per heavy atom. The number of anilines is 1. The molecule has 156 valence electrons. The van der Waals surface area contributed by atoms with Crippen LogP contribution >= 0.6 is 11.6 Å². The van der Waals surface area contributed by atoms with Gasteiger partial charge in [-0.3, -0.25) is 0 Å². The van der Waals surface area contributed by atoms with Crippen LogP contribution in [0.1, 0.15) is 37.5 Å². The molecule has 3 aromatic rings. The van der Waals surface area contributed by atoms with E-state index in [1.165, 1.54) is 5.57 Å². The van der Waals surface area contributed by atoms with E-state index in [-0.39, 0.29) is 5.54 Å². The molecule has 4 heteroatoms. The zero-order valence-corrected chi connectivity index (χ0v) is 18.8. The first-order valence-electron chi connectivity index (χ1n) is 10.3. The summed E-state index contributed by atoms with van der Waals surface area (Å²) >= 11 is 6.09. The molecule has 0 radical (unpaired) electrons. The monoisotopic (exact) mass is 429 g/mol. The van der Waals surface area contributed by atoms with Crippen LogP contribution in [-0.4, -0.2) is 12.6 Å². The second kappa shape index (κ2) is 7.21. The van der Waals surface area contributed by atoms with Gasteiger partial charge in [-0.1, -0.05) is 41.9 Å². The van der Waals surface area contributed by atoms with Gasteiger partial charge in [0, 0.05) is 27.4 Å². The Morgan fingerprint density at radius 1 is 0.968 bits per heavy atom. The minimum absolute atomic E-state index is 0.115. The van der Waals surface area contributed by atoms with Gasteiger partial charge < -0.3 is 14.8 Å². The third kappa shape index (κ3) is 3.39. The molecule has 0 amide bonds. The molecule has 2 heterocycles. The van der Waals surface area contributed by atoms with Crippen LogP contribution in [0.4, 0.5) is 5.69 Å². The van der Waals surface area contributed by atoms with Gasteiger partial charge in [0.1, 0.15) is 17.3 Å². The second-order valence-corrected chi connectivity index (χ2v) is 9.02. The van der Waals surface area contributed by atoms with E-state index < -0.39 is 0 Å². The van der Waals surface area contributed by atoms with Gasteiger partial charge in [-0.2, -0.15) is 0 Å². The normalized spacial score (nSPS) is 16.9. The Bertz CT molecular complexity index is 1250. The number of benzene rings is 3. The summed E-state index contributed by atoms with van der Waals surface area (Å²) in [5.41, 5.74) is 7.55. The lowest BCUT2D eigenvalue weighted by Crippen LogP contribution is -2.32. The van der Waals surface area contributed by atoms with Gasteiger partial charge in [-0.15, -0.1) is 0 Å². The molecule has 3 nitrogen and oxygen atoms in total. The number of hydrogen-bond acceptors (Lipinski definition) is 3. The fourth-order valence-electron chi connectivity index (χ4n) is 4.59. The van der Waals surface area contributed by atoms with Crippen molar-refractivity contribution in [1.29, 1.82) is 0 Å². The van der Waals surface area contributed by atoms with Crippen molar-refractivity contribution in [1.82, 2.24) is 0 Å². The summed E-state index contributed by atoms with van der Waals surface area (Å²) in [6.07, 6.45) is 4.35. The van der Waals surface area contributed by atoms with E-state index in [2.05, 4.69) is 50.4 Å². The summed E-state index contributed by atoms with van der Waals surface area (Å²) in [6, 6.07) is 18.0. The quantitative estimate of drug-likeness (QED) is 0.457. The molecular formula is C27H24ClNO2. The average molecular weight is 430 g/mol. The topological polar surface area (TPSA) is 30.5 Å². The number of allylic oxidation sites excluding steroid dienone is 1. The minimum atomic E-state index is -0.115. The predicted molar refractivity (Wildman–Crippen MR) is 130 cm³/mol. The zero-order chi connectivity index (χ0) is 21.8. The third-order valence-corrected chi connectivity index (χ3v) is 6.00. The molecule has 31 heavy (non-hydrogen) atoms. The van der Waals surface area contributed by atoms with Gasteiger partial charge in [-0.05, 0) is 68.3 Å². The van der Waals surface area contributed by atoms with Gasteiger partial charge in [0.05, 0.1) is 18.2 Å². The fraction of sp³-hybridized carbons (Fsp3) is 0.185. The van der Waals surface area contributed by atoms with Crippen molar-refractivity contribution >= 4 is 34.7 Å². The van der Waals surface area contributed by atoms with Crippen LogP contribution in [-0.2, 0) is 0 Å². The third-order valence-electron chi connectivity index (χ3n) is 5.75. The predicted octanol–water partition coefficient (Wildman–Crippen LogP) is 7.51. The fourth-order valence-corrected chi connectivity index (χ4v) is 4.72. The molecule has 0 bridgehead atoms. The largest absolute Gasteiger partial charge is 0.496 e. The molecule has 0 fully saturated rings. The molecular weight excluding hydrogens is 406 g/mol. The molecule has 0 spiro atoms. The minimum Gasteiger partial charge on any atom is -0.496 e. The van der Waals surface area contributed by atoms with Crippen molar-refractivity contribution in [3.63, 3.8) is 0 Å². The lowest BCUT2D eigenvalue weighted by Gasteiger charge is -2.35. The SMILES string of the molecule is COc1cccc2c1-c1ccc3c(c1/C(=C\c1ccc(Cl)cc1)O2)C(C)=CC(C)(C)N3. The smallest absolute Gasteiger partial charge is 0.139 e. The standard InChI is InChI=1S/C27H24ClNO2/c1-16-15-27(2,3)29-20-13-12-19-25-21(30-4)6-5-7-22(25)31-23(26(19)24(16)20)14-17-8-10-18(28)11-9-17/h5-15,29H,1-4H3/b23-14+. The van der Waals surface area contributed by atoms with Crippen LogP contribution in [0.3, 0.4) is 0 Å². The van der Waals surface area contributed by atoms with Crippen LogP contribution in [0, 0.1) is 0 Å². The van der Waals surface area contributed by atoms with E-state index in [4.69, 9.17) is 21.1 Å². The molecule has 0 saturated carbocycles. The van der Waals surface area contributed by atoms with Crippen molar-refractivity contribution in [2.45, 2.75) is 26.3 Å². The molecule has 0 aromatic heterocycles. The summed E-state index contributed by atoms with van der Waals surface area (Å²) in [5, 5.41) is 4.37. The highest BCUT2D eigenvalue weighted by atomic mass is 35.5. The molecule has 5 rings (SSSR count). The van der Waals surface area contributed by atoms with Gasteiger partial charge >= 0.3 is 0 Å². The number of halogens is 1. The molecule has 3 aromatic carbocycles. The number of ether oxygens (including phenoxy) is 2. The number of nitrogens with one attached hydrogen (secondary N) is 1. The molecule has 1 N–H and O–H groups in total. The van der Waals surface area contributed by atoms with Crippen LogP contribution in [0.2, 0.25) is 5.02 Å². The molecule has 0 unspecified atom stereocenters. The number of rotatable bonds is 2. The van der Waals surface area contributed by atoms with Crippen molar-refractivity contribution in [3.05, 3.63) is 82.4 Å². The zero-order valence-electron chi connectivity index (χ0n) is 18.0. The van der Waals surface area contributed by atoms with Crippen molar-refractivity contribution in [3.8, 4) is 22.6 Å². The Hall–Kier alpha value is -3.17. The molecule has 0 aliphatic carbocycles. The number of methoxy groups -OCH3 is 1. The lowest BCUT2D eigenvalue weighted by molar-refractivity contribution is 0.412. The maximum Gasteiger partial charge on any atom is 0.139 e. The summed E-state index contributed by atoms with van der Waals surface area (Å²) in [5.74, 6) is 2.40. The first-order valence-corrected chi connectivity index (χ1v) is 10.7. The molecule has 2 aliphatic rings. The molecule has 2 aliphatic heterocycles. The van der Waals surface area contributed by atoms with Gasteiger partial charge in [0.15, 0.2) is 0 Å². The highest BCUT2D eigenvalue weighted by Gasteiger charge is 2.32. The highest BCUT2D eigenvalue weighted by Crippen LogP contribution is 2.51. The van der Waals surface area contributed by atoms with Crippen LogP contribution in [0.5, 0.6) is 11.5 Å². The van der Waals surface area contributed by atoms with Crippen LogP contribution < -0.4 is 14.8 Å². The first-order chi connectivity index (χ1) is 14.9. The van der Waals surface area contributed by atoms with E-state index >= 15 is 0 Å². The molecule has 0 saturated heterocycles. The average Bonchev–Trinajstić information content (AvgIpc) is 2.73. The Balaban J connectivity index is 1.81. The summed E-state index contributed by atoms with van der Waals surface area (Å²) < 4.78 is 12.2. The van der Waals surface area contributed by atoms with Crippen molar-refractivity contribution in [2.24, 2.45) is 0 Å². The van der Waals surface area contributed by atoms with E-state index in [9.17, 15) is 0 Å². The van der Waals surface area contributed by atoms with Crippen molar-refractivity contribution < 1.29 is 9.47 Å². The van der Waals surface area contributed by atoms with Crippen molar-refractivity contribution in [2.75, 3.05) is 12.4 Å². The maximum atomic E-state index is 6.49. The van der Waals surface area contributed by atoms with Crippen LogP contribution in [0.25, 0.3) is 28.5 Å². The highest BCUT2D eigenvalue weighted by molar-refractivity contribution is 6.30. The Morgan fingerprint density at radius 2 is 1.74 bits per heavy atom. The van der Waals surface area contributed by atoms with Gasteiger partial charge in [-0.25, -0.2) is 0 Å².